The summed E-state index contributed by atoms with van der Waals surface area (Å²) in [4.78, 5) is 0. The van der Waals surface area contributed by atoms with E-state index in [0.717, 1.165) is 19.4 Å². The van der Waals surface area contributed by atoms with Crippen molar-refractivity contribution in [3.63, 3.8) is 0 Å². The van der Waals surface area contributed by atoms with Crippen molar-refractivity contribution < 1.29 is 4.74 Å². The second-order valence-corrected chi connectivity index (χ2v) is 2.60. The summed E-state index contributed by atoms with van der Waals surface area (Å²) in [7, 11) is 0. The minimum Gasteiger partial charge on any atom is -0.374 e. The Balaban J connectivity index is 2.07. The van der Waals surface area contributed by atoms with Crippen molar-refractivity contribution in [3.8, 4) is 0 Å². The maximum Gasteiger partial charge on any atom is 0.0793 e. The van der Waals surface area contributed by atoms with Crippen LogP contribution in [0.3, 0.4) is 0 Å². The highest BCUT2D eigenvalue weighted by molar-refractivity contribution is 5.11. The average molecular weight is 153 g/mol. The van der Waals surface area contributed by atoms with E-state index in [4.69, 9.17) is 10.5 Å². The summed E-state index contributed by atoms with van der Waals surface area (Å²) in [5.74, 6) is 0. The van der Waals surface area contributed by atoms with Crippen LogP contribution in [0.4, 0.5) is 0 Å². The largest absolute Gasteiger partial charge is 0.374 e. The van der Waals surface area contributed by atoms with Crippen molar-refractivity contribution in [1.29, 1.82) is 0 Å². The normalized spacial score (nSPS) is 22.5. The molecule has 0 radical (unpaired) electrons. The van der Waals surface area contributed by atoms with Crippen LogP contribution in [0.15, 0.2) is 24.3 Å². The van der Waals surface area contributed by atoms with Crippen LogP contribution in [0, 0.1) is 0 Å². The zero-order chi connectivity index (χ0) is 7.94. The van der Waals surface area contributed by atoms with Gasteiger partial charge in [0.2, 0.25) is 0 Å². The molecule has 0 aromatic rings. The minimum absolute atomic E-state index is 0.284. The number of allylic oxidation sites excluding steroid dienone is 2. The third-order valence-electron chi connectivity index (χ3n) is 1.62. The molecule has 0 aliphatic heterocycles. The Hall–Kier alpha value is -0.600. The lowest BCUT2D eigenvalue weighted by atomic mass is 10.1. The fourth-order valence-electron chi connectivity index (χ4n) is 1.000. The molecule has 0 spiro atoms. The highest BCUT2D eigenvalue weighted by Crippen LogP contribution is 2.06. The van der Waals surface area contributed by atoms with E-state index >= 15 is 0 Å². The summed E-state index contributed by atoms with van der Waals surface area (Å²) in [6.45, 7) is 1.49. The molecule has 1 aliphatic carbocycles. The summed E-state index contributed by atoms with van der Waals surface area (Å²) >= 11 is 0. The maximum atomic E-state index is 5.51. The molecule has 2 heteroatoms. The summed E-state index contributed by atoms with van der Waals surface area (Å²) in [6.07, 6.45) is 10.5. The van der Waals surface area contributed by atoms with E-state index in [-0.39, 0.29) is 6.10 Å². The van der Waals surface area contributed by atoms with Gasteiger partial charge in [0.1, 0.15) is 0 Å². The molecule has 0 fully saturated rings. The number of hydrogen-bond acceptors (Lipinski definition) is 2. The molecule has 1 rings (SSSR count). The van der Waals surface area contributed by atoms with Gasteiger partial charge in [-0.3, -0.25) is 0 Å². The molecule has 11 heavy (non-hydrogen) atoms. The lowest BCUT2D eigenvalue weighted by Gasteiger charge is -2.13. The predicted molar refractivity (Wildman–Crippen MR) is 46.3 cm³/mol. The topological polar surface area (TPSA) is 35.2 Å². The van der Waals surface area contributed by atoms with Gasteiger partial charge in [-0.15, -0.1) is 0 Å². The third-order valence-corrected chi connectivity index (χ3v) is 1.62. The van der Waals surface area contributed by atoms with Crippen LogP contribution in [0.2, 0.25) is 0 Å². The molecule has 0 amide bonds. The Morgan fingerprint density at radius 1 is 1.45 bits per heavy atom. The first-order chi connectivity index (χ1) is 5.43. The molecule has 0 saturated carbocycles. The van der Waals surface area contributed by atoms with E-state index in [0.29, 0.717) is 6.54 Å². The fourth-order valence-corrected chi connectivity index (χ4v) is 1.000. The van der Waals surface area contributed by atoms with E-state index in [9.17, 15) is 0 Å². The van der Waals surface area contributed by atoms with E-state index in [2.05, 4.69) is 12.2 Å². The first kappa shape index (κ1) is 8.50. The van der Waals surface area contributed by atoms with Gasteiger partial charge in [0.05, 0.1) is 6.10 Å². The van der Waals surface area contributed by atoms with Crippen molar-refractivity contribution in [2.75, 3.05) is 13.2 Å². The van der Waals surface area contributed by atoms with Gasteiger partial charge in [0.15, 0.2) is 0 Å². The van der Waals surface area contributed by atoms with Gasteiger partial charge in [0, 0.05) is 6.61 Å². The van der Waals surface area contributed by atoms with Crippen LogP contribution < -0.4 is 5.73 Å². The van der Waals surface area contributed by atoms with Crippen molar-refractivity contribution in [2.45, 2.75) is 18.9 Å². The Morgan fingerprint density at radius 2 is 2.36 bits per heavy atom. The summed E-state index contributed by atoms with van der Waals surface area (Å²) in [5.41, 5.74) is 5.33. The van der Waals surface area contributed by atoms with Gasteiger partial charge >= 0.3 is 0 Å². The van der Waals surface area contributed by atoms with Gasteiger partial charge in [-0.2, -0.15) is 0 Å². The van der Waals surface area contributed by atoms with Crippen molar-refractivity contribution >= 4 is 0 Å². The first-order valence-electron chi connectivity index (χ1n) is 4.08. The molecule has 1 aliphatic rings. The lowest BCUT2D eigenvalue weighted by Crippen LogP contribution is -2.13. The Labute approximate surface area is 67.7 Å². The Bertz CT molecular complexity index is 152. The quantitative estimate of drug-likeness (QED) is 0.617. The molecule has 0 aromatic carbocycles. The van der Waals surface area contributed by atoms with Gasteiger partial charge in [-0.05, 0) is 19.4 Å². The molecule has 2 N–H and O–H groups in total. The third kappa shape index (κ3) is 3.35. The smallest absolute Gasteiger partial charge is 0.0793 e. The second-order valence-electron chi connectivity index (χ2n) is 2.60. The fraction of sp³-hybridized carbons (Fsp3) is 0.556. The van der Waals surface area contributed by atoms with Crippen LogP contribution in [0.1, 0.15) is 12.8 Å². The standard InChI is InChI=1S/C9H15NO/c10-7-4-8-11-9-5-2-1-3-6-9/h1-3,5,9H,4,6-8,10H2. The molecule has 0 saturated heterocycles. The zero-order valence-corrected chi connectivity index (χ0v) is 6.70. The van der Waals surface area contributed by atoms with Gasteiger partial charge in [0.25, 0.3) is 0 Å². The molecule has 62 valence electrons. The van der Waals surface area contributed by atoms with Crippen molar-refractivity contribution in [3.05, 3.63) is 24.3 Å². The van der Waals surface area contributed by atoms with Crippen LogP contribution in [0.25, 0.3) is 0 Å². The van der Waals surface area contributed by atoms with Gasteiger partial charge in [-0.1, -0.05) is 24.3 Å². The molecule has 1 atom stereocenters. The molecule has 0 heterocycles. The maximum absolute atomic E-state index is 5.51. The van der Waals surface area contributed by atoms with Crippen molar-refractivity contribution in [1.82, 2.24) is 0 Å². The molecule has 0 bridgehead atoms. The number of ether oxygens (including phenoxy) is 1. The minimum atomic E-state index is 0.284. The highest BCUT2D eigenvalue weighted by atomic mass is 16.5. The summed E-state index contributed by atoms with van der Waals surface area (Å²) in [5, 5.41) is 0. The number of nitrogens with two attached hydrogens (primary N) is 1. The zero-order valence-electron chi connectivity index (χ0n) is 6.70. The van der Waals surface area contributed by atoms with E-state index in [1.54, 1.807) is 0 Å². The molecule has 0 aromatic heterocycles. The summed E-state index contributed by atoms with van der Waals surface area (Å²) < 4.78 is 5.51. The highest BCUT2D eigenvalue weighted by Gasteiger charge is 2.03. The van der Waals surface area contributed by atoms with E-state index in [1.807, 2.05) is 12.2 Å². The monoisotopic (exact) mass is 153 g/mol. The molecular formula is C9H15NO. The molecule has 1 unspecified atom stereocenters. The Kier molecular flexibility index (Phi) is 3.94. The lowest BCUT2D eigenvalue weighted by molar-refractivity contribution is 0.0858. The Morgan fingerprint density at radius 3 is 3.00 bits per heavy atom. The summed E-state index contributed by atoms with van der Waals surface area (Å²) in [6, 6.07) is 0. The van der Waals surface area contributed by atoms with E-state index in [1.165, 1.54) is 0 Å². The second kappa shape index (κ2) is 5.10. The van der Waals surface area contributed by atoms with Gasteiger partial charge < -0.3 is 10.5 Å². The van der Waals surface area contributed by atoms with Crippen molar-refractivity contribution in [2.24, 2.45) is 5.73 Å². The van der Waals surface area contributed by atoms with Crippen LogP contribution >= 0.6 is 0 Å². The number of hydrogen-bond donors (Lipinski definition) is 1. The average Bonchev–Trinajstić information content (AvgIpc) is 2.07. The molecular weight excluding hydrogens is 138 g/mol. The number of rotatable bonds is 4. The van der Waals surface area contributed by atoms with E-state index < -0.39 is 0 Å². The molecule has 2 nitrogen and oxygen atoms in total. The first-order valence-corrected chi connectivity index (χ1v) is 4.08. The van der Waals surface area contributed by atoms with Gasteiger partial charge in [-0.25, -0.2) is 0 Å². The SMILES string of the molecule is NCCCOC1C=CC=CC1. The van der Waals surface area contributed by atoms with Crippen LogP contribution in [0.5, 0.6) is 0 Å². The van der Waals surface area contributed by atoms with Crippen LogP contribution in [-0.4, -0.2) is 19.3 Å². The van der Waals surface area contributed by atoms with Crippen LogP contribution in [-0.2, 0) is 4.74 Å². The predicted octanol–water partition coefficient (Wildman–Crippen LogP) is 1.24.